The van der Waals surface area contributed by atoms with Gasteiger partial charge in [-0.25, -0.2) is 0 Å². The van der Waals surface area contributed by atoms with E-state index >= 15 is 0 Å². The molecule has 1 amide bonds. The predicted molar refractivity (Wildman–Crippen MR) is 87.2 cm³/mol. The number of hydrogen-bond donors (Lipinski definition) is 1. The molecule has 3 heteroatoms. The molecule has 1 aromatic rings. The normalized spacial score (nSPS) is 13.0. The average molecular weight is 291 g/mol. The van der Waals surface area contributed by atoms with Crippen LogP contribution in [0.5, 0.6) is 0 Å². The summed E-state index contributed by atoms with van der Waals surface area (Å²) in [5, 5.41) is 3.20. The lowest BCUT2D eigenvalue weighted by atomic mass is 9.80. The fourth-order valence-corrected chi connectivity index (χ4v) is 2.38. The zero-order chi connectivity index (χ0) is 15.9. The van der Waals surface area contributed by atoms with Gasteiger partial charge in [-0.05, 0) is 36.8 Å². The number of ether oxygens (including phenoxy) is 1. The summed E-state index contributed by atoms with van der Waals surface area (Å²) in [6.07, 6.45) is 1.28. The van der Waals surface area contributed by atoms with E-state index in [1.165, 1.54) is 11.1 Å². The summed E-state index contributed by atoms with van der Waals surface area (Å²) in [6.45, 7) is 11.9. The topological polar surface area (TPSA) is 38.3 Å². The molecule has 0 saturated heterocycles. The molecule has 1 atom stereocenters. The maximum Gasteiger partial charge on any atom is 0.220 e. The van der Waals surface area contributed by atoms with Gasteiger partial charge in [-0.3, -0.25) is 4.79 Å². The van der Waals surface area contributed by atoms with Crippen LogP contribution in [-0.2, 0) is 9.53 Å². The van der Waals surface area contributed by atoms with Crippen molar-refractivity contribution in [3.63, 3.8) is 0 Å². The molecule has 0 saturated carbocycles. The summed E-state index contributed by atoms with van der Waals surface area (Å²) < 4.78 is 5.28. The number of carbonyl (C=O) groups excluding carboxylic acids is 1. The first-order valence-corrected chi connectivity index (χ1v) is 7.79. The second-order valence-corrected chi connectivity index (χ2v) is 6.52. The van der Waals surface area contributed by atoms with Crippen LogP contribution in [0.4, 0.5) is 0 Å². The van der Waals surface area contributed by atoms with Gasteiger partial charge in [-0.15, -0.1) is 0 Å². The van der Waals surface area contributed by atoms with E-state index in [9.17, 15) is 4.79 Å². The molecule has 0 aliphatic heterocycles. The van der Waals surface area contributed by atoms with Gasteiger partial charge in [-0.1, -0.05) is 45.0 Å². The van der Waals surface area contributed by atoms with Crippen LogP contribution in [0, 0.1) is 12.3 Å². The lowest BCUT2D eigenvalue weighted by Gasteiger charge is -2.33. The Morgan fingerprint density at radius 1 is 1.29 bits per heavy atom. The van der Waals surface area contributed by atoms with Crippen LogP contribution in [0.1, 0.15) is 57.7 Å². The lowest BCUT2D eigenvalue weighted by molar-refractivity contribution is -0.123. The quantitative estimate of drug-likeness (QED) is 0.771. The molecule has 21 heavy (non-hydrogen) atoms. The Morgan fingerprint density at radius 3 is 2.52 bits per heavy atom. The largest absolute Gasteiger partial charge is 0.382 e. The summed E-state index contributed by atoms with van der Waals surface area (Å²) in [4.78, 5) is 12.2. The van der Waals surface area contributed by atoms with Gasteiger partial charge in [0, 0.05) is 19.6 Å². The van der Waals surface area contributed by atoms with E-state index in [1.54, 1.807) is 0 Å². The molecule has 118 valence electrons. The number of rotatable bonds is 7. The fraction of sp³-hybridized carbons (Fsp3) is 0.611. The van der Waals surface area contributed by atoms with Gasteiger partial charge in [0.05, 0.1) is 6.04 Å². The minimum absolute atomic E-state index is 0.0261. The SMILES string of the molecule is CCOCCCC(=O)N[C@@H](c1ccccc1C)C(C)(C)C. The van der Waals surface area contributed by atoms with Crippen molar-refractivity contribution in [1.29, 1.82) is 0 Å². The summed E-state index contributed by atoms with van der Waals surface area (Å²) >= 11 is 0. The van der Waals surface area contributed by atoms with Crippen LogP contribution in [0.15, 0.2) is 24.3 Å². The van der Waals surface area contributed by atoms with Crippen molar-refractivity contribution in [3.05, 3.63) is 35.4 Å². The van der Waals surface area contributed by atoms with Gasteiger partial charge in [0.2, 0.25) is 5.91 Å². The number of carbonyl (C=O) groups is 1. The standard InChI is InChI=1S/C18H29NO2/c1-6-21-13-9-12-16(20)19-17(18(3,4)5)15-11-8-7-10-14(15)2/h7-8,10-11,17H,6,9,12-13H2,1-5H3,(H,19,20)/t17-/m0/s1. The zero-order valence-electron chi connectivity index (χ0n) is 14.0. The van der Waals surface area contributed by atoms with Crippen molar-refractivity contribution < 1.29 is 9.53 Å². The van der Waals surface area contributed by atoms with Crippen molar-refractivity contribution in [1.82, 2.24) is 5.32 Å². The molecule has 1 rings (SSSR count). The first kappa shape index (κ1) is 17.7. The zero-order valence-corrected chi connectivity index (χ0v) is 14.0. The number of aryl methyl sites for hydroxylation is 1. The highest BCUT2D eigenvalue weighted by atomic mass is 16.5. The molecule has 0 radical (unpaired) electrons. The molecule has 1 aromatic carbocycles. The van der Waals surface area contributed by atoms with Crippen molar-refractivity contribution in [2.75, 3.05) is 13.2 Å². The first-order valence-electron chi connectivity index (χ1n) is 7.79. The van der Waals surface area contributed by atoms with E-state index in [-0.39, 0.29) is 17.4 Å². The number of benzene rings is 1. The molecular formula is C18H29NO2. The van der Waals surface area contributed by atoms with Crippen molar-refractivity contribution in [2.45, 2.75) is 53.5 Å². The second kappa shape index (κ2) is 8.18. The molecule has 0 aromatic heterocycles. The highest BCUT2D eigenvalue weighted by molar-refractivity contribution is 5.76. The molecule has 0 aliphatic carbocycles. The van der Waals surface area contributed by atoms with Gasteiger partial charge >= 0.3 is 0 Å². The van der Waals surface area contributed by atoms with E-state index in [0.29, 0.717) is 19.6 Å². The molecule has 0 aliphatic rings. The number of hydrogen-bond acceptors (Lipinski definition) is 2. The van der Waals surface area contributed by atoms with Gasteiger partial charge in [0.25, 0.3) is 0 Å². The Kier molecular flexibility index (Phi) is 6.90. The Labute approximate surface area is 129 Å². The Hall–Kier alpha value is -1.35. The Bertz CT molecular complexity index is 449. The van der Waals surface area contributed by atoms with Gasteiger partial charge in [0.15, 0.2) is 0 Å². The third-order valence-corrected chi connectivity index (χ3v) is 3.57. The molecular weight excluding hydrogens is 262 g/mol. The smallest absolute Gasteiger partial charge is 0.220 e. The summed E-state index contributed by atoms with van der Waals surface area (Å²) in [7, 11) is 0. The molecule has 0 bridgehead atoms. The summed E-state index contributed by atoms with van der Waals surface area (Å²) in [5.74, 6) is 0.0953. The van der Waals surface area contributed by atoms with Crippen LogP contribution in [0.25, 0.3) is 0 Å². The Balaban J connectivity index is 2.73. The summed E-state index contributed by atoms with van der Waals surface area (Å²) in [6, 6.07) is 8.28. The van der Waals surface area contributed by atoms with Crippen LogP contribution in [-0.4, -0.2) is 19.1 Å². The average Bonchev–Trinajstić information content (AvgIpc) is 2.41. The van der Waals surface area contributed by atoms with Gasteiger partial charge in [0.1, 0.15) is 0 Å². The van der Waals surface area contributed by atoms with Gasteiger partial charge in [-0.2, -0.15) is 0 Å². The van der Waals surface area contributed by atoms with Gasteiger partial charge < -0.3 is 10.1 Å². The van der Waals surface area contributed by atoms with Crippen LogP contribution < -0.4 is 5.32 Å². The predicted octanol–water partition coefficient (Wildman–Crippen LogP) is 4.02. The van der Waals surface area contributed by atoms with Crippen LogP contribution in [0.2, 0.25) is 0 Å². The molecule has 0 unspecified atom stereocenters. The third-order valence-electron chi connectivity index (χ3n) is 3.57. The Morgan fingerprint density at radius 2 is 1.95 bits per heavy atom. The minimum Gasteiger partial charge on any atom is -0.382 e. The van der Waals surface area contributed by atoms with E-state index in [4.69, 9.17) is 4.74 Å². The minimum atomic E-state index is -0.0261. The van der Waals surface area contributed by atoms with E-state index in [0.717, 1.165) is 6.42 Å². The maximum absolute atomic E-state index is 12.2. The molecule has 1 N–H and O–H groups in total. The lowest BCUT2D eigenvalue weighted by Crippen LogP contribution is -2.37. The molecule has 0 fully saturated rings. The molecule has 3 nitrogen and oxygen atoms in total. The van der Waals surface area contributed by atoms with E-state index < -0.39 is 0 Å². The highest BCUT2D eigenvalue weighted by Gasteiger charge is 2.28. The third kappa shape index (κ3) is 5.88. The second-order valence-electron chi connectivity index (χ2n) is 6.52. The van der Waals surface area contributed by atoms with E-state index in [2.05, 4.69) is 45.1 Å². The molecule has 0 heterocycles. The number of amides is 1. The monoisotopic (exact) mass is 291 g/mol. The summed E-state index contributed by atoms with van der Waals surface area (Å²) in [5.41, 5.74) is 2.39. The maximum atomic E-state index is 12.2. The van der Waals surface area contributed by atoms with Crippen molar-refractivity contribution >= 4 is 5.91 Å². The van der Waals surface area contributed by atoms with Crippen molar-refractivity contribution in [3.8, 4) is 0 Å². The molecule has 0 spiro atoms. The van der Waals surface area contributed by atoms with Crippen LogP contribution >= 0.6 is 0 Å². The van der Waals surface area contributed by atoms with Crippen molar-refractivity contribution in [2.24, 2.45) is 5.41 Å². The first-order chi connectivity index (χ1) is 9.86. The van der Waals surface area contributed by atoms with E-state index in [1.807, 2.05) is 19.1 Å². The number of nitrogens with one attached hydrogen (secondary N) is 1. The highest BCUT2D eigenvalue weighted by Crippen LogP contribution is 2.34. The fourth-order valence-electron chi connectivity index (χ4n) is 2.38. The van der Waals surface area contributed by atoms with Crippen LogP contribution in [0.3, 0.4) is 0 Å².